The molecule has 0 bridgehead atoms. The third-order valence-corrected chi connectivity index (χ3v) is 3.68. The van der Waals surface area contributed by atoms with Gasteiger partial charge in [0.05, 0.1) is 6.10 Å². The summed E-state index contributed by atoms with van der Waals surface area (Å²) in [6, 6.07) is 6.44. The Balaban J connectivity index is 2.07. The average molecular weight is 271 g/mol. The Morgan fingerprint density at radius 2 is 2.18 bits per heavy atom. The first kappa shape index (κ1) is 12.6. The predicted octanol–water partition coefficient (Wildman–Crippen LogP) is 4.21. The summed E-state index contributed by atoms with van der Waals surface area (Å²) in [5.41, 5.74) is 1.35. The van der Waals surface area contributed by atoms with E-state index in [0.29, 0.717) is 6.42 Å². The Morgan fingerprint density at radius 1 is 1.35 bits per heavy atom. The highest BCUT2D eigenvalue weighted by Gasteiger charge is 2.16. The van der Waals surface area contributed by atoms with Gasteiger partial charge in [0.1, 0.15) is 5.82 Å². The molecule has 0 spiro atoms. The normalized spacial score (nSPS) is 12.6. The largest absolute Gasteiger partial charge is 0.388 e. The van der Waals surface area contributed by atoms with Crippen molar-refractivity contribution in [3.05, 3.63) is 57.0 Å². The van der Waals surface area contributed by atoms with Crippen LogP contribution in [0.4, 0.5) is 4.39 Å². The van der Waals surface area contributed by atoms with Crippen molar-refractivity contribution >= 4 is 22.9 Å². The van der Waals surface area contributed by atoms with Crippen molar-refractivity contribution in [3.63, 3.8) is 0 Å². The SMILES string of the molecule is OC(CCc1ccsc1)c1c(F)cccc1Cl. The maximum atomic E-state index is 13.5. The van der Waals surface area contributed by atoms with Gasteiger partial charge in [-0.15, -0.1) is 0 Å². The second-order valence-electron chi connectivity index (χ2n) is 3.82. The van der Waals surface area contributed by atoms with Crippen LogP contribution in [0.5, 0.6) is 0 Å². The van der Waals surface area contributed by atoms with Crippen molar-refractivity contribution in [2.45, 2.75) is 18.9 Å². The van der Waals surface area contributed by atoms with Crippen LogP contribution in [0, 0.1) is 5.82 Å². The number of aliphatic hydroxyl groups is 1. The number of rotatable bonds is 4. The van der Waals surface area contributed by atoms with Crippen LogP contribution in [0.25, 0.3) is 0 Å². The third-order valence-electron chi connectivity index (χ3n) is 2.62. The molecular formula is C13H12ClFOS. The second kappa shape index (κ2) is 5.63. The van der Waals surface area contributed by atoms with Crippen molar-refractivity contribution in [3.8, 4) is 0 Å². The number of aryl methyl sites for hydroxylation is 1. The molecule has 1 aromatic heterocycles. The van der Waals surface area contributed by atoms with Gasteiger partial charge in [-0.25, -0.2) is 4.39 Å². The number of thiophene rings is 1. The van der Waals surface area contributed by atoms with E-state index in [9.17, 15) is 9.50 Å². The molecule has 1 nitrogen and oxygen atoms in total. The zero-order valence-electron chi connectivity index (χ0n) is 9.07. The van der Waals surface area contributed by atoms with Crippen molar-refractivity contribution in [1.82, 2.24) is 0 Å². The van der Waals surface area contributed by atoms with Crippen molar-refractivity contribution in [2.75, 3.05) is 0 Å². The number of benzene rings is 1. The summed E-state index contributed by atoms with van der Waals surface area (Å²) in [4.78, 5) is 0. The lowest BCUT2D eigenvalue weighted by atomic mass is 10.0. The van der Waals surface area contributed by atoms with Crippen LogP contribution in [0.1, 0.15) is 23.7 Å². The zero-order valence-corrected chi connectivity index (χ0v) is 10.6. The van der Waals surface area contributed by atoms with Crippen LogP contribution in [-0.2, 0) is 6.42 Å². The molecule has 2 aromatic rings. The highest BCUT2D eigenvalue weighted by Crippen LogP contribution is 2.28. The lowest BCUT2D eigenvalue weighted by Gasteiger charge is -2.13. The lowest BCUT2D eigenvalue weighted by Crippen LogP contribution is -2.03. The Bertz CT molecular complexity index is 464. The first-order chi connectivity index (χ1) is 8.18. The Kier molecular flexibility index (Phi) is 4.15. The molecule has 1 N–H and O–H groups in total. The number of halogens is 2. The molecule has 4 heteroatoms. The Labute approximate surface area is 108 Å². The van der Waals surface area contributed by atoms with Gasteiger partial charge in [-0.3, -0.25) is 0 Å². The smallest absolute Gasteiger partial charge is 0.130 e. The summed E-state index contributed by atoms with van der Waals surface area (Å²) < 4.78 is 13.5. The fourth-order valence-corrected chi connectivity index (χ4v) is 2.70. The molecule has 1 unspecified atom stereocenters. The number of hydrogen-bond donors (Lipinski definition) is 1. The predicted molar refractivity (Wildman–Crippen MR) is 69.0 cm³/mol. The molecule has 1 aromatic carbocycles. The summed E-state index contributed by atoms with van der Waals surface area (Å²) in [5.74, 6) is -0.449. The molecule has 0 saturated heterocycles. The van der Waals surface area contributed by atoms with Crippen LogP contribution in [0.2, 0.25) is 5.02 Å². The molecule has 0 amide bonds. The lowest BCUT2D eigenvalue weighted by molar-refractivity contribution is 0.163. The molecule has 0 aliphatic rings. The number of hydrogen-bond acceptors (Lipinski definition) is 2. The minimum Gasteiger partial charge on any atom is -0.388 e. The van der Waals surface area contributed by atoms with Gasteiger partial charge < -0.3 is 5.11 Å². The molecule has 0 radical (unpaired) electrons. The fraction of sp³-hybridized carbons (Fsp3) is 0.231. The van der Waals surface area contributed by atoms with Crippen LogP contribution in [-0.4, -0.2) is 5.11 Å². The van der Waals surface area contributed by atoms with Gasteiger partial charge in [-0.05, 0) is 47.4 Å². The highest BCUT2D eigenvalue weighted by atomic mass is 35.5. The van der Waals surface area contributed by atoms with Gasteiger partial charge in [-0.1, -0.05) is 17.7 Å². The van der Waals surface area contributed by atoms with E-state index >= 15 is 0 Å². The first-order valence-corrected chi connectivity index (χ1v) is 6.63. The van der Waals surface area contributed by atoms with Crippen LogP contribution in [0.15, 0.2) is 35.0 Å². The molecule has 90 valence electrons. The zero-order chi connectivity index (χ0) is 12.3. The van der Waals surface area contributed by atoms with Gasteiger partial charge in [-0.2, -0.15) is 11.3 Å². The third kappa shape index (κ3) is 3.06. The van der Waals surface area contributed by atoms with Crippen molar-refractivity contribution in [2.24, 2.45) is 0 Å². The van der Waals surface area contributed by atoms with E-state index in [4.69, 9.17) is 11.6 Å². The van der Waals surface area contributed by atoms with Gasteiger partial charge in [0.15, 0.2) is 0 Å². The summed E-state index contributed by atoms with van der Waals surface area (Å²) in [6.45, 7) is 0. The quantitative estimate of drug-likeness (QED) is 0.882. The maximum absolute atomic E-state index is 13.5. The monoisotopic (exact) mass is 270 g/mol. The molecule has 0 fully saturated rings. The maximum Gasteiger partial charge on any atom is 0.130 e. The Morgan fingerprint density at radius 3 is 2.82 bits per heavy atom. The van der Waals surface area contributed by atoms with E-state index in [0.717, 1.165) is 12.0 Å². The summed E-state index contributed by atoms with van der Waals surface area (Å²) in [6.07, 6.45) is 0.329. The van der Waals surface area contributed by atoms with Crippen molar-refractivity contribution in [1.29, 1.82) is 0 Å². The Hall–Kier alpha value is -0.900. The van der Waals surface area contributed by atoms with Gasteiger partial charge in [0.25, 0.3) is 0 Å². The molecule has 2 rings (SSSR count). The standard InChI is InChI=1S/C13H12ClFOS/c14-10-2-1-3-11(15)13(10)12(16)5-4-9-6-7-17-8-9/h1-3,6-8,12,16H,4-5H2. The van der Waals surface area contributed by atoms with E-state index in [-0.39, 0.29) is 10.6 Å². The van der Waals surface area contributed by atoms with Gasteiger partial charge >= 0.3 is 0 Å². The molecule has 1 atom stereocenters. The summed E-state index contributed by atoms with van der Waals surface area (Å²) >= 11 is 7.50. The van der Waals surface area contributed by atoms with E-state index in [2.05, 4.69) is 0 Å². The molecular weight excluding hydrogens is 259 g/mol. The topological polar surface area (TPSA) is 20.2 Å². The van der Waals surface area contributed by atoms with E-state index < -0.39 is 11.9 Å². The van der Waals surface area contributed by atoms with Crippen LogP contribution in [0.3, 0.4) is 0 Å². The van der Waals surface area contributed by atoms with Crippen LogP contribution >= 0.6 is 22.9 Å². The molecule has 0 saturated carbocycles. The highest BCUT2D eigenvalue weighted by molar-refractivity contribution is 7.07. The van der Waals surface area contributed by atoms with Crippen molar-refractivity contribution < 1.29 is 9.50 Å². The van der Waals surface area contributed by atoms with Gasteiger partial charge in [0.2, 0.25) is 0 Å². The minimum atomic E-state index is -0.858. The summed E-state index contributed by atoms with van der Waals surface area (Å²) in [5, 5.41) is 14.2. The molecule has 1 heterocycles. The molecule has 0 aliphatic carbocycles. The minimum absolute atomic E-state index is 0.199. The van der Waals surface area contributed by atoms with Gasteiger partial charge in [0, 0.05) is 10.6 Å². The summed E-state index contributed by atoms with van der Waals surface area (Å²) in [7, 11) is 0. The van der Waals surface area contributed by atoms with E-state index in [1.165, 1.54) is 12.1 Å². The van der Waals surface area contributed by atoms with E-state index in [1.807, 2.05) is 16.8 Å². The number of aliphatic hydroxyl groups excluding tert-OH is 1. The fourth-order valence-electron chi connectivity index (χ4n) is 1.71. The molecule has 0 aliphatic heterocycles. The second-order valence-corrected chi connectivity index (χ2v) is 5.01. The molecule has 17 heavy (non-hydrogen) atoms. The first-order valence-electron chi connectivity index (χ1n) is 5.31. The van der Waals surface area contributed by atoms with E-state index in [1.54, 1.807) is 17.4 Å². The average Bonchev–Trinajstić information content (AvgIpc) is 2.79. The van der Waals surface area contributed by atoms with Crippen LogP contribution < -0.4 is 0 Å².